The summed E-state index contributed by atoms with van der Waals surface area (Å²) in [6, 6.07) is 18.4. The molecule has 188 valence electrons. The second kappa shape index (κ2) is 13.7. The van der Waals surface area contributed by atoms with E-state index in [9.17, 15) is 9.59 Å². The molecule has 0 aliphatic rings. The molecule has 0 fully saturated rings. The van der Waals surface area contributed by atoms with Gasteiger partial charge in [0.2, 0.25) is 0 Å². The lowest BCUT2D eigenvalue weighted by Crippen LogP contribution is -2.24. The van der Waals surface area contributed by atoms with Crippen molar-refractivity contribution in [2.45, 2.75) is 19.8 Å². The number of amides is 1. The quantitative estimate of drug-likeness (QED) is 0.117. The number of halogens is 1. The summed E-state index contributed by atoms with van der Waals surface area (Å²) in [7, 11) is 1.46. The largest absolute Gasteiger partial charge is 0.494 e. The fourth-order valence-electron chi connectivity index (χ4n) is 2.95. The number of nitrogens with one attached hydrogen (secondary N) is 1. The lowest BCUT2D eigenvalue weighted by molar-refractivity contribution is -0.123. The van der Waals surface area contributed by atoms with Crippen molar-refractivity contribution in [1.29, 1.82) is 0 Å². The molecular formula is C27H27ClN2O6. The SMILES string of the molecule is CCCCOc1ccc(C(=O)Oc2ccc(/C=N\NC(=O)COc3cccc(Cl)c3)cc2OC)cc1. The third-order valence-electron chi connectivity index (χ3n) is 4.82. The number of esters is 1. The van der Waals surface area contributed by atoms with Gasteiger partial charge < -0.3 is 18.9 Å². The first-order chi connectivity index (χ1) is 17.5. The van der Waals surface area contributed by atoms with Crippen LogP contribution < -0.4 is 24.4 Å². The van der Waals surface area contributed by atoms with E-state index in [2.05, 4.69) is 17.5 Å². The zero-order valence-corrected chi connectivity index (χ0v) is 20.8. The molecule has 0 aromatic heterocycles. The summed E-state index contributed by atoms with van der Waals surface area (Å²) < 4.78 is 21.8. The number of methoxy groups -OCH3 is 1. The molecule has 1 N–H and O–H groups in total. The highest BCUT2D eigenvalue weighted by molar-refractivity contribution is 6.30. The Balaban J connectivity index is 1.53. The molecule has 0 spiro atoms. The van der Waals surface area contributed by atoms with Gasteiger partial charge in [-0.25, -0.2) is 10.2 Å². The van der Waals surface area contributed by atoms with Crippen LogP contribution in [0.15, 0.2) is 71.8 Å². The topological polar surface area (TPSA) is 95.5 Å². The van der Waals surface area contributed by atoms with E-state index in [-0.39, 0.29) is 12.4 Å². The zero-order valence-electron chi connectivity index (χ0n) is 20.0. The minimum atomic E-state index is -0.526. The third kappa shape index (κ3) is 8.32. The van der Waals surface area contributed by atoms with E-state index >= 15 is 0 Å². The molecule has 3 aromatic rings. The number of carbonyl (C=O) groups is 2. The maximum atomic E-state index is 12.6. The van der Waals surface area contributed by atoms with Crippen LogP contribution in [0.1, 0.15) is 35.7 Å². The van der Waals surface area contributed by atoms with Gasteiger partial charge in [-0.3, -0.25) is 4.79 Å². The molecule has 0 saturated carbocycles. The van der Waals surface area contributed by atoms with Crippen molar-refractivity contribution in [3.05, 3.63) is 82.9 Å². The van der Waals surface area contributed by atoms with E-state index in [1.54, 1.807) is 66.7 Å². The first-order valence-electron chi connectivity index (χ1n) is 11.3. The monoisotopic (exact) mass is 510 g/mol. The van der Waals surface area contributed by atoms with E-state index in [4.69, 9.17) is 30.5 Å². The maximum Gasteiger partial charge on any atom is 0.343 e. The van der Waals surface area contributed by atoms with Crippen molar-refractivity contribution in [3.63, 3.8) is 0 Å². The number of hydrogen-bond acceptors (Lipinski definition) is 7. The molecule has 8 nitrogen and oxygen atoms in total. The molecule has 3 aromatic carbocycles. The number of benzene rings is 3. The summed E-state index contributed by atoms with van der Waals surface area (Å²) in [6.45, 7) is 2.50. The number of hydrazone groups is 1. The lowest BCUT2D eigenvalue weighted by atomic mass is 10.2. The smallest absolute Gasteiger partial charge is 0.343 e. The van der Waals surface area contributed by atoms with Gasteiger partial charge in [-0.2, -0.15) is 5.10 Å². The van der Waals surface area contributed by atoms with Crippen LogP contribution in [0.3, 0.4) is 0 Å². The number of carbonyl (C=O) groups excluding carboxylic acids is 2. The molecule has 1 amide bonds. The second-order valence-corrected chi connectivity index (χ2v) is 8.00. The summed E-state index contributed by atoms with van der Waals surface area (Å²) in [4.78, 5) is 24.5. The predicted molar refractivity (Wildman–Crippen MR) is 137 cm³/mol. The van der Waals surface area contributed by atoms with Crippen LogP contribution in [0.2, 0.25) is 5.02 Å². The van der Waals surface area contributed by atoms with Crippen LogP contribution in [0.25, 0.3) is 0 Å². The van der Waals surface area contributed by atoms with Crippen molar-refractivity contribution in [3.8, 4) is 23.0 Å². The molecule has 0 saturated heterocycles. The number of unbranched alkanes of at least 4 members (excludes halogenated alkanes) is 1. The minimum absolute atomic E-state index is 0.220. The van der Waals surface area contributed by atoms with Crippen LogP contribution in [0, 0.1) is 0 Å². The zero-order chi connectivity index (χ0) is 25.8. The van der Waals surface area contributed by atoms with Gasteiger partial charge in [0, 0.05) is 5.02 Å². The van der Waals surface area contributed by atoms with Crippen LogP contribution in [-0.4, -0.2) is 38.4 Å². The molecule has 0 unspecified atom stereocenters. The maximum absolute atomic E-state index is 12.6. The van der Waals surface area contributed by atoms with Gasteiger partial charge in [-0.15, -0.1) is 0 Å². The average Bonchev–Trinajstić information content (AvgIpc) is 2.89. The van der Waals surface area contributed by atoms with Gasteiger partial charge in [0.05, 0.1) is 25.5 Å². The van der Waals surface area contributed by atoms with E-state index < -0.39 is 11.9 Å². The minimum Gasteiger partial charge on any atom is -0.494 e. The summed E-state index contributed by atoms with van der Waals surface area (Å²) in [5, 5.41) is 4.43. The van der Waals surface area contributed by atoms with E-state index in [1.807, 2.05) is 0 Å². The Morgan fingerprint density at radius 2 is 1.78 bits per heavy atom. The standard InChI is InChI=1S/C27H27ClN2O6/c1-3-4-14-34-22-11-9-20(10-12-22)27(32)36-24-13-8-19(15-25(24)33-2)17-29-30-26(31)18-35-23-7-5-6-21(28)16-23/h5-13,15-17H,3-4,14,18H2,1-2H3,(H,30,31)/b29-17-. The number of hydrogen-bond donors (Lipinski definition) is 1. The number of nitrogens with zero attached hydrogens (tertiary/aromatic N) is 1. The summed E-state index contributed by atoms with van der Waals surface area (Å²) >= 11 is 5.88. The molecule has 3 rings (SSSR count). The Kier molecular flexibility index (Phi) is 10.1. The molecule has 9 heteroatoms. The van der Waals surface area contributed by atoms with Crippen LogP contribution in [0.4, 0.5) is 0 Å². The van der Waals surface area contributed by atoms with Gasteiger partial charge in [0.25, 0.3) is 5.91 Å². The van der Waals surface area contributed by atoms with Gasteiger partial charge in [0.1, 0.15) is 11.5 Å². The Morgan fingerprint density at radius 1 is 0.972 bits per heavy atom. The van der Waals surface area contributed by atoms with E-state index in [0.29, 0.717) is 40.0 Å². The van der Waals surface area contributed by atoms with Crippen LogP contribution in [0.5, 0.6) is 23.0 Å². The normalized spacial score (nSPS) is 10.6. The van der Waals surface area contributed by atoms with Gasteiger partial charge in [-0.05, 0) is 72.6 Å². The van der Waals surface area contributed by atoms with Crippen molar-refractivity contribution in [2.75, 3.05) is 20.3 Å². The highest BCUT2D eigenvalue weighted by Crippen LogP contribution is 2.28. The van der Waals surface area contributed by atoms with Crippen molar-refractivity contribution in [1.82, 2.24) is 5.43 Å². The Hall–Kier alpha value is -4.04. The van der Waals surface area contributed by atoms with Crippen molar-refractivity contribution >= 4 is 29.7 Å². The highest BCUT2D eigenvalue weighted by atomic mass is 35.5. The second-order valence-electron chi connectivity index (χ2n) is 7.57. The van der Waals surface area contributed by atoms with Crippen LogP contribution >= 0.6 is 11.6 Å². The lowest BCUT2D eigenvalue weighted by Gasteiger charge is -2.10. The third-order valence-corrected chi connectivity index (χ3v) is 5.05. The van der Waals surface area contributed by atoms with Gasteiger partial charge in [-0.1, -0.05) is 31.0 Å². The van der Waals surface area contributed by atoms with Crippen molar-refractivity contribution in [2.24, 2.45) is 5.10 Å². The van der Waals surface area contributed by atoms with Gasteiger partial charge >= 0.3 is 5.97 Å². The van der Waals surface area contributed by atoms with Gasteiger partial charge in [0.15, 0.2) is 18.1 Å². The molecule has 0 heterocycles. The number of ether oxygens (including phenoxy) is 4. The van der Waals surface area contributed by atoms with E-state index in [0.717, 1.165) is 12.8 Å². The Labute approximate surface area is 214 Å². The molecular weight excluding hydrogens is 484 g/mol. The van der Waals surface area contributed by atoms with Crippen LogP contribution in [-0.2, 0) is 4.79 Å². The molecule has 0 atom stereocenters. The molecule has 0 aliphatic heterocycles. The predicted octanol–water partition coefficient (Wildman–Crippen LogP) is 5.28. The molecule has 0 aliphatic carbocycles. The first kappa shape index (κ1) is 26.6. The molecule has 0 radical (unpaired) electrons. The highest BCUT2D eigenvalue weighted by Gasteiger charge is 2.13. The first-order valence-corrected chi connectivity index (χ1v) is 11.7. The summed E-state index contributed by atoms with van der Waals surface area (Å²) in [6.07, 6.45) is 3.45. The Morgan fingerprint density at radius 3 is 2.50 bits per heavy atom. The average molecular weight is 511 g/mol. The number of rotatable bonds is 12. The summed E-state index contributed by atoms with van der Waals surface area (Å²) in [5.74, 6) is 0.800. The Bertz CT molecular complexity index is 1200. The summed E-state index contributed by atoms with van der Waals surface area (Å²) in [5.41, 5.74) is 3.38. The molecule has 0 bridgehead atoms. The molecule has 36 heavy (non-hydrogen) atoms. The van der Waals surface area contributed by atoms with Crippen molar-refractivity contribution < 1.29 is 28.5 Å². The fourth-order valence-corrected chi connectivity index (χ4v) is 3.13. The fraction of sp³-hybridized carbons (Fsp3) is 0.222. The van der Waals surface area contributed by atoms with E-state index in [1.165, 1.54) is 13.3 Å².